The minimum Gasteiger partial charge on any atom is -0.450 e. The zero-order chi connectivity index (χ0) is 30.4. The number of piperidine rings is 1. The molecule has 5 rings (SSSR count). The number of hydrogen-bond acceptors (Lipinski definition) is 9. The van der Waals surface area contributed by atoms with Crippen molar-refractivity contribution in [1.29, 1.82) is 0 Å². The number of carbonyl (C=O) groups is 2. The number of ether oxygens (including phenoxy) is 1. The molecule has 4 N–H and O–H groups in total. The molecule has 224 valence electrons. The highest BCUT2D eigenvalue weighted by molar-refractivity contribution is 5.87. The van der Waals surface area contributed by atoms with Gasteiger partial charge in [0.25, 0.3) is 11.8 Å². The van der Waals surface area contributed by atoms with Gasteiger partial charge in [-0.25, -0.2) is 9.18 Å². The summed E-state index contributed by atoms with van der Waals surface area (Å²) in [6.45, 7) is 0.613. The predicted molar refractivity (Wildman–Crippen MR) is 153 cm³/mol. The second-order valence-corrected chi connectivity index (χ2v) is 10.4. The summed E-state index contributed by atoms with van der Waals surface area (Å²) in [7, 11) is 0. The number of amides is 1. The molecule has 1 atom stereocenters. The van der Waals surface area contributed by atoms with E-state index in [1.807, 2.05) is 54.6 Å². The molecule has 1 unspecified atom stereocenters. The molecule has 0 radical (unpaired) electrons. The van der Waals surface area contributed by atoms with Crippen LogP contribution in [-0.2, 0) is 16.1 Å². The highest BCUT2D eigenvalue weighted by Gasteiger charge is 2.45. The summed E-state index contributed by atoms with van der Waals surface area (Å²) in [4.78, 5) is 30.6. The minimum absolute atomic E-state index is 0.136. The first-order chi connectivity index (χ1) is 20.8. The Kier molecular flexibility index (Phi) is 9.10. The van der Waals surface area contributed by atoms with Gasteiger partial charge in [0.05, 0.1) is 12.7 Å². The van der Waals surface area contributed by atoms with Gasteiger partial charge in [-0.15, -0.1) is 0 Å². The number of carbonyl (C=O) groups excluding carboxylic acids is 1. The van der Waals surface area contributed by atoms with Crippen LogP contribution in [0.15, 0.2) is 77.3 Å². The molecule has 1 amide bonds. The van der Waals surface area contributed by atoms with Gasteiger partial charge in [-0.3, -0.25) is 9.69 Å². The average molecular weight is 591 g/mol. The van der Waals surface area contributed by atoms with Gasteiger partial charge in [0.1, 0.15) is 5.82 Å². The van der Waals surface area contributed by atoms with Crippen LogP contribution in [0.4, 0.5) is 9.18 Å². The molecule has 43 heavy (non-hydrogen) atoms. The number of likely N-dealkylation sites (tertiary alicyclic amines) is 1. The smallest absolute Gasteiger partial charge is 0.450 e. The summed E-state index contributed by atoms with van der Waals surface area (Å²) < 4.78 is 25.3. The third-order valence-corrected chi connectivity index (χ3v) is 7.41. The van der Waals surface area contributed by atoms with Gasteiger partial charge in [0.2, 0.25) is 5.82 Å². The first-order valence-electron chi connectivity index (χ1n) is 13.8. The molecule has 3 aromatic carbocycles. The molecule has 0 aliphatic carbocycles. The molecular formula is C31H31FN4O7. The van der Waals surface area contributed by atoms with Gasteiger partial charge in [-0.2, -0.15) is 4.98 Å². The van der Waals surface area contributed by atoms with E-state index in [1.165, 1.54) is 6.07 Å². The maximum Gasteiger partial charge on any atom is 0.506 e. The normalized spacial score (nSPS) is 15.5. The SMILES string of the molecule is O=C(O)OC1(C(=O)NCC(O)CO)CCN(Cc2ccc(-c3noc(-c4ccc(-c5ccccc5)c(F)c4)n3)cc2)CC1. The Morgan fingerprint density at radius 2 is 1.72 bits per heavy atom. The Labute approximate surface area is 246 Å². The van der Waals surface area contributed by atoms with Gasteiger partial charge in [0, 0.05) is 55.7 Å². The zero-order valence-electron chi connectivity index (χ0n) is 23.1. The lowest BCUT2D eigenvalue weighted by Crippen LogP contribution is -2.56. The van der Waals surface area contributed by atoms with Crippen LogP contribution >= 0.6 is 0 Å². The van der Waals surface area contributed by atoms with E-state index < -0.39 is 36.2 Å². The molecule has 11 nitrogen and oxygen atoms in total. The Morgan fingerprint density at radius 1 is 1.02 bits per heavy atom. The van der Waals surface area contributed by atoms with Crippen molar-refractivity contribution >= 4 is 12.1 Å². The third-order valence-electron chi connectivity index (χ3n) is 7.41. The van der Waals surface area contributed by atoms with E-state index in [2.05, 4.69) is 20.4 Å². The molecule has 1 aliphatic heterocycles. The zero-order valence-corrected chi connectivity index (χ0v) is 23.1. The van der Waals surface area contributed by atoms with Gasteiger partial charge in [-0.05, 0) is 23.3 Å². The lowest BCUT2D eigenvalue weighted by atomic mass is 9.89. The summed E-state index contributed by atoms with van der Waals surface area (Å²) >= 11 is 0. The van der Waals surface area contributed by atoms with Gasteiger partial charge in [0.15, 0.2) is 5.60 Å². The van der Waals surface area contributed by atoms with Crippen LogP contribution in [0.1, 0.15) is 18.4 Å². The van der Waals surface area contributed by atoms with Crippen LogP contribution in [0.3, 0.4) is 0 Å². The minimum atomic E-state index is -1.57. The number of aliphatic hydroxyl groups excluding tert-OH is 2. The molecular weight excluding hydrogens is 559 g/mol. The van der Waals surface area contributed by atoms with Crippen LogP contribution in [0.25, 0.3) is 34.0 Å². The molecule has 0 saturated carbocycles. The van der Waals surface area contributed by atoms with E-state index in [-0.39, 0.29) is 25.3 Å². The van der Waals surface area contributed by atoms with Crippen molar-refractivity contribution in [3.8, 4) is 34.0 Å². The fourth-order valence-corrected chi connectivity index (χ4v) is 5.03. The fraction of sp³-hybridized carbons (Fsp3) is 0.290. The number of nitrogens with one attached hydrogen (secondary N) is 1. The molecule has 0 bridgehead atoms. The molecule has 1 aliphatic rings. The van der Waals surface area contributed by atoms with Gasteiger partial charge < -0.3 is 29.9 Å². The molecule has 4 aromatic rings. The number of aromatic nitrogens is 2. The Morgan fingerprint density at radius 3 is 2.37 bits per heavy atom. The summed E-state index contributed by atoms with van der Waals surface area (Å²) in [6.07, 6.45) is -2.43. The van der Waals surface area contributed by atoms with Crippen molar-refractivity contribution in [3.63, 3.8) is 0 Å². The average Bonchev–Trinajstić information content (AvgIpc) is 3.52. The Balaban J connectivity index is 1.20. The van der Waals surface area contributed by atoms with Gasteiger partial charge >= 0.3 is 6.16 Å². The van der Waals surface area contributed by atoms with E-state index in [4.69, 9.17) is 14.4 Å². The molecule has 1 saturated heterocycles. The van der Waals surface area contributed by atoms with Crippen LogP contribution in [0, 0.1) is 5.82 Å². The van der Waals surface area contributed by atoms with Crippen molar-refractivity contribution < 1.29 is 38.6 Å². The number of rotatable bonds is 10. The summed E-state index contributed by atoms with van der Waals surface area (Å²) in [5, 5.41) is 34.2. The molecule has 2 heterocycles. The first kappa shape index (κ1) is 29.8. The second kappa shape index (κ2) is 13.1. The van der Waals surface area contributed by atoms with E-state index >= 15 is 0 Å². The molecule has 12 heteroatoms. The van der Waals surface area contributed by atoms with Crippen molar-refractivity contribution in [3.05, 3.63) is 84.2 Å². The van der Waals surface area contributed by atoms with Crippen LogP contribution in [-0.4, -0.2) is 80.4 Å². The standard InChI is InChI=1S/C31H31FN4O7/c32-26-16-23(10-11-25(26)21-4-2-1-3-5-21)28-34-27(35-43-28)22-8-6-20(7-9-22)18-36-14-12-31(13-15-36,42-30(40)41)29(39)33-17-24(38)19-37/h1-11,16,24,37-38H,12-15,17-19H2,(H,33,39)(H,40,41). The number of carboxylic acid groups (broad SMARTS) is 1. The number of halogens is 1. The fourth-order valence-electron chi connectivity index (χ4n) is 5.03. The van der Waals surface area contributed by atoms with Crippen LogP contribution < -0.4 is 5.32 Å². The predicted octanol–water partition coefficient (Wildman–Crippen LogP) is 3.71. The second-order valence-electron chi connectivity index (χ2n) is 10.4. The van der Waals surface area contributed by atoms with E-state index in [0.717, 1.165) is 16.7 Å². The van der Waals surface area contributed by atoms with E-state index in [0.29, 0.717) is 36.6 Å². The van der Waals surface area contributed by atoms with Crippen molar-refractivity contribution in [1.82, 2.24) is 20.4 Å². The first-order valence-corrected chi connectivity index (χ1v) is 13.8. The molecule has 1 aromatic heterocycles. The lowest BCUT2D eigenvalue weighted by molar-refractivity contribution is -0.148. The highest BCUT2D eigenvalue weighted by Crippen LogP contribution is 2.30. The summed E-state index contributed by atoms with van der Waals surface area (Å²) in [5.41, 5.74) is 1.86. The topological polar surface area (TPSA) is 158 Å². The highest BCUT2D eigenvalue weighted by atomic mass is 19.1. The largest absolute Gasteiger partial charge is 0.506 e. The number of hydrogen-bond donors (Lipinski definition) is 4. The van der Waals surface area contributed by atoms with Crippen LogP contribution in [0.2, 0.25) is 0 Å². The van der Waals surface area contributed by atoms with Gasteiger partial charge in [-0.1, -0.05) is 65.8 Å². The van der Waals surface area contributed by atoms with E-state index in [1.54, 1.807) is 12.1 Å². The van der Waals surface area contributed by atoms with Crippen molar-refractivity contribution in [2.24, 2.45) is 0 Å². The van der Waals surface area contributed by atoms with Crippen LogP contribution in [0.5, 0.6) is 0 Å². The van der Waals surface area contributed by atoms with Crippen molar-refractivity contribution in [2.45, 2.75) is 31.1 Å². The molecule has 0 spiro atoms. The Hall–Kier alpha value is -4.65. The molecule has 1 fully saturated rings. The number of benzene rings is 3. The summed E-state index contributed by atoms with van der Waals surface area (Å²) in [5.74, 6) is -0.466. The van der Waals surface area contributed by atoms with E-state index in [9.17, 15) is 24.2 Å². The Bertz CT molecular complexity index is 1550. The van der Waals surface area contributed by atoms with Crippen molar-refractivity contribution in [2.75, 3.05) is 26.2 Å². The lowest BCUT2D eigenvalue weighted by Gasteiger charge is -2.39. The maximum absolute atomic E-state index is 14.8. The number of nitrogens with zero attached hydrogens (tertiary/aromatic N) is 3. The monoisotopic (exact) mass is 590 g/mol. The maximum atomic E-state index is 14.8. The number of aliphatic hydroxyl groups is 2. The summed E-state index contributed by atoms with van der Waals surface area (Å²) in [6, 6.07) is 21.6. The quantitative estimate of drug-likeness (QED) is 0.201. The third kappa shape index (κ3) is 7.05.